The van der Waals surface area contributed by atoms with Crippen LogP contribution in [0.5, 0.6) is 0 Å². The first-order chi connectivity index (χ1) is 30.5. The molecule has 0 aromatic rings. The van der Waals surface area contributed by atoms with Crippen LogP contribution in [-0.2, 0) is 27.9 Å². The summed E-state index contributed by atoms with van der Waals surface area (Å²) in [5.41, 5.74) is 0. The fourth-order valence-corrected chi connectivity index (χ4v) is 8.76. The van der Waals surface area contributed by atoms with Crippen molar-refractivity contribution in [3.05, 3.63) is 36.5 Å². The predicted molar refractivity (Wildman–Crippen MR) is 253 cm³/mol. The zero-order valence-corrected chi connectivity index (χ0v) is 40.5. The summed E-state index contributed by atoms with van der Waals surface area (Å²) in [6, 6.07) is 0. The standard InChI is InChI=1S/C50H93O12P/c1-3-5-7-9-11-13-15-17-19-21-22-23-24-25-27-29-31-33-35-37-39-44(51)61-43(42-60-63(57,58)62-50-48(55)46(53)45(52)47(54)49(50)56)41-59-40-38-36-34-32-30-28-26-20-18-16-14-12-10-8-6-4-2/h6,8,12,14,18,20,43,45-50,52-56H,3-5,7,9-11,13,15-17,19,21-42H2,1-2H3,(H,57,58)/b8-6-,14-12-,20-18-. The summed E-state index contributed by atoms with van der Waals surface area (Å²) in [7, 11) is -5.02. The Labute approximate surface area is 382 Å². The number of esters is 1. The van der Waals surface area contributed by atoms with E-state index in [1.54, 1.807) is 0 Å². The van der Waals surface area contributed by atoms with Gasteiger partial charge in [-0.2, -0.15) is 0 Å². The molecule has 0 spiro atoms. The minimum absolute atomic E-state index is 0.0831. The van der Waals surface area contributed by atoms with E-state index in [9.17, 15) is 39.8 Å². The minimum atomic E-state index is -5.02. The van der Waals surface area contributed by atoms with Gasteiger partial charge in [0.15, 0.2) is 0 Å². The molecule has 1 saturated carbocycles. The second kappa shape index (κ2) is 40.8. The van der Waals surface area contributed by atoms with Gasteiger partial charge in [0.2, 0.25) is 0 Å². The second-order valence-electron chi connectivity index (χ2n) is 17.6. The molecule has 13 heteroatoms. The van der Waals surface area contributed by atoms with Gasteiger partial charge in [-0.15, -0.1) is 0 Å². The molecule has 370 valence electrons. The lowest BCUT2D eigenvalue weighted by Crippen LogP contribution is -2.64. The summed E-state index contributed by atoms with van der Waals surface area (Å²) in [4.78, 5) is 23.2. The highest BCUT2D eigenvalue weighted by atomic mass is 31.2. The van der Waals surface area contributed by atoms with E-state index >= 15 is 0 Å². The Morgan fingerprint density at radius 1 is 0.524 bits per heavy atom. The molecular weight excluding hydrogens is 824 g/mol. The van der Waals surface area contributed by atoms with Gasteiger partial charge in [0.1, 0.15) is 42.7 Å². The van der Waals surface area contributed by atoms with Crippen LogP contribution in [0.15, 0.2) is 36.5 Å². The summed E-state index contributed by atoms with van der Waals surface area (Å²) >= 11 is 0. The fraction of sp³-hybridized carbons (Fsp3) is 0.860. The van der Waals surface area contributed by atoms with Crippen LogP contribution in [0.2, 0.25) is 0 Å². The van der Waals surface area contributed by atoms with Crippen molar-refractivity contribution in [2.75, 3.05) is 19.8 Å². The van der Waals surface area contributed by atoms with Gasteiger partial charge in [0.25, 0.3) is 0 Å². The molecule has 0 amide bonds. The summed E-state index contributed by atoms with van der Waals surface area (Å²) in [5, 5.41) is 50.3. The van der Waals surface area contributed by atoms with Crippen molar-refractivity contribution in [1.82, 2.24) is 0 Å². The molecule has 1 fully saturated rings. The molecule has 1 rings (SSSR count). The Kier molecular flexibility index (Phi) is 38.6. The highest BCUT2D eigenvalue weighted by Gasteiger charge is 2.51. The summed E-state index contributed by atoms with van der Waals surface area (Å²) in [6.45, 7) is 4.15. The Morgan fingerprint density at radius 3 is 1.43 bits per heavy atom. The van der Waals surface area contributed by atoms with Crippen molar-refractivity contribution < 1.29 is 58.3 Å². The zero-order valence-electron chi connectivity index (χ0n) is 39.6. The van der Waals surface area contributed by atoms with Crippen LogP contribution in [0.3, 0.4) is 0 Å². The SMILES string of the molecule is CC/C=C\C/C=C\C/C=C\CCCCCCCCOCC(COP(=O)(O)OC1C(O)C(O)C(O)C(O)C1O)OC(=O)CCCCCCCCCCCCCCCCCCCCCC. The van der Waals surface area contributed by atoms with Gasteiger partial charge in [-0.1, -0.05) is 198 Å². The lowest BCUT2D eigenvalue weighted by molar-refractivity contribution is -0.220. The van der Waals surface area contributed by atoms with E-state index in [2.05, 4.69) is 50.3 Å². The topological polar surface area (TPSA) is 192 Å². The first-order valence-corrected chi connectivity index (χ1v) is 26.8. The molecule has 6 unspecified atom stereocenters. The largest absolute Gasteiger partial charge is 0.472 e. The Hall–Kier alpha value is -1.44. The van der Waals surface area contributed by atoms with Crippen molar-refractivity contribution in [2.45, 2.75) is 256 Å². The Balaban J connectivity index is 2.34. The van der Waals surface area contributed by atoms with Crippen LogP contribution < -0.4 is 0 Å². The van der Waals surface area contributed by atoms with Crippen LogP contribution >= 0.6 is 7.82 Å². The normalized spacial score (nSPS) is 22.1. The maximum absolute atomic E-state index is 12.8. The number of ether oxygens (including phenoxy) is 2. The molecule has 0 bridgehead atoms. The molecule has 63 heavy (non-hydrogen) atoms. The van der Waals surface area contributed by atoms with Gasteiger partial charge >= 0.3 is 13.8 Å². The number of phosphoric ester groups is 1. The van der Waals surface area contributed by atoms with Crippen molar-refractivity contribution in [3.8, 4) is 0 Å². The quantitative estimate of drug-likeness (QED) is 0.0147. The molecule has 6 N–H and O–H groups in total. The molecular formula is C50H93O12P. The fourth-order valence-electron chi connectivity index (χ4n) is 7.78. The lowest BCUT2D eigenvalue weighted by atomic mass is 9.85. The summed E-state index contributed by atoms with van der Waals surface area (Å²) in [5.74, 6) is -0.479. The molecule has 0 radical (unpaired) electrons. The van der Waals surface area contributed by atoms with Crippen LogP contribution in [0.1, 0.15) is 213 Å². The third-order valence-electron chi connectivity index (χ3n) is 11.8. The van der Waals surface area contributed by atoms with Gasteiger partial charge in [0, 0.05) is 13.0 Å². The number of rotatable bonds is 43. The number of unbranched alkanes of at least 4 members (excludes halogenated alkanes) is 25. The highest BCUT2D eigenvalue weighted by Crippen LogP contribution is 2.47. The third-order valence-corrected chi connectivity index (χ3v) is 12.8. The molecule has 0 saturated heterocycles. The number of aliphatic hydroxyl groups is 5. The van der Waals surface area contributed by atoms with Gasteiger partial charge in [-0.05, 0) is 44.9 Å². The number of hydrogen-bond acceptors (Lipinski definition) is 11. The predicted octanol–water partition coefficient (Wildman–Crippen LogP) is 11.0. The van der Waals surface area contributed by atoms with E-state index in [1.807, 2.05) is 0 Å². The number of aliphatic hydroxyl groups excluding tert-OH is 5. The van der Waals surface area contributed by atoms with Crippen LogP contribution in [0.4, 0.5) is 0 Å². The number of allylic oxidation sites excluding steroid dienone is 6. The van der Waals surface area contributed by atoms with E-state index in [1.165, 1.54) is 103 Å². The first kappa shape index (κ1) is 59.6. The average Bonchev–Trinajstić information content (AvgIpc) is 3.27. The van der Waals surface area contributed by atoms with Gasteiger partial charge < -0.3 is 39.9 Å². The second-order valence-corrected chi connectivity index (χ2v) is 19.1. The molecule has 1 aliphatic carbocycles. The molecule has 0 aromatic heterocycles. The Morgan fingerprint density at radius 2 is 0.937 bits per heavy atom. The average molecular weight is 917 g/mol. The summed E-state index contributed by atoms with van der Waals surface area (Å²) in [6.07, 6.45) is 36.4. The molecule has 0 aromatic carbocycles. The van der Waals surface area contributed by atoms with E-state index in [0.29, 0.717) is 13.0 Å². The number of hydrogen-bond donors (Lipinski definition) is 6. The zero-order chi connectivity index (χ0) is 46.2. The van der Waals surface area contributed by atoms with Crippen molar-refractivity contribution in [1.29, 1.82) is 0 Å². The summed E-state index contributed by atoms with van der Waals surface area (Å²) < 4.78 is 34.3. The maximum Gasteiger partial charge on any atom is 0.472 e. The number of carbonyl (C=O) groups is 1. The van der Waals surface area contributed by atoms with Crippen molar-refractivity contribution in [3.63, 3.8) is 0 Å². The number of carbonyl (C=O) groups excluding carboxylic acids is 1. The van der Waals surface area contributed by atoms with Crippen LogP contribution in [-0.4, -0.2) is 98.9 Å². The lowest BCUT2D eigenvalue weighted by Gasteiger charge is -2.41. The highest BCUT2D eigenvalue weighted by molar-refractivity contribution is 7.47. The number of phosphoric acid groups is 1. The molecule has 12 nitrogen and oxygen atoms in total. The van der Waals surface area contributed by atoms with Gasteiger partial charge in [-0.3, -0.25) is 13.8 Å². The van der Waals surface area contributed by atoms with Gasteiger partial charge in [-0.25, -0.2) is 4.57 Å². The molecule has 0 aliphatic heterocycles. The maximum atomic E-state index is 12.8. The smallest absolute Gasteiger partial charge is 0.457 e. The van der Waals surface area contributed by atoms with Crippen molar-refractivity contribution in [2.24, 2.45) is 0 Å². The van der Waals surface area contributed by atoms with E-state index in [4.69, 9.17) is 18.5 Å². The van der Waals surface area contributed by atoms with Crippen molar-refractivity contribution >= 4 is 13.8 Å². The Bertz CT molecular complexity index is 1180. The third kappa shape index (κ3) is 32.8. The van der Waals surface area contributed by atoms with E-state index in [0.717, 1.165) is 83.5 Å². The first-order valence-electron chi connectivity index (χ1n) is 25.3. The van der Waals surface area contributed by atoms with E-state index in [-0.39, 0.29) is 13.0 Å². The van der Waals surface area contributed by atoms with Crippen LogP contribution in [0.25, 0.3) is 0 Å². The molecule has 6 atom stereocenters. The molecule has 0 heterocycles. The molecule has 1 aliphatic rings. The minimum Gasteiger partial charge on any atom is -0.457 e. The van der Waals surface area contributed by atoms with Crippen LogP contribution in [0, 0.1) is 0 Å². The monoisotopic (exact) mass is 917 g/mol. The van der Waals surface area contributed by atoms with Gasteiger partial charge in [0.05, 0.1) is 13.2 Å². The van der Waals surface area contributed by atoms with E-state index < -0.39 is 63.1 Å².